The third-order valence-electron chi connectivity index (χ3n) is 3.57. The van der Waals surface area contributed by atoms with Crippen molar-refractivity contribution in [1.82, 2.24) is 19.7 Å². The SMILES string of the molecule is COC(=O)C1C=C(c2c(Cl)nn(-c3ncccn3)c2N)CC1. The first-order valence-corrected chi connectivity index (χ1v) is 7.10. The molecular formula is C14H14ClN5O2. The molecule has 0 aliphatic heterocycles. The Hall–Kier alpha value is -2.41. The lowest BCUT2D eigenvalue weighted by atomic mass is 10.1. The fourth-order valence-electron chi connectivity index (χ4n) is 2.52. The molecule has 0 bridgehead atoms. The lowest BCUT2D eigenvalue weighted by Crippen LogP contribution is -2.10. The van der Waals surface area contributed by atoms with Crippen LogP contribution < -0.4 is 5.73 Å². The third-order valence-corrected chi connectivity index (χ3v) is 3.84. The number of carbonyl (C=O) groups is 1. The lowest BCUT2D eigenvalue weighted by Gasteiger charge is -2.03. The first kappa shape index (κ1) is 14.5. The highest BCUT2D eigenvalue weighted by Gasteiger charge is 2.28. The van der Waals surface area contributed by atoms with Crippen molar-refractivity contribution in [1.29, 1.82) is 0 Å². The Bertz CT molecular complexity index is 741. The van der Waals surface area contributed by atoms with E-state index in [0.29, 0.717) is 30.2 Å². The Morgan fingerprint density at radius 2 is 2.18 bits per heavy atom. The van der Waals surface area contributed by atoms with Crippen LogP contribution in [0.3, 0.4) is 0 Å². The van der Waals surface area contributed by atoms with Crippen LogP contribution in [0.1, 0.15) is 18.4 Å². The molecule has 2 aromatic heterocycles. The van der Waals surface area contributed by atoms with E-state index in [4.69, 9.17) is 22.1 Å². The molecule has 1 aliphatic rings. The molecule has 0 saturated carbocycles. The molecule has 0 spiro atoms. The number of nitrogen functional groups attached to an aromatic ring is 1. The van der Waals surface area contributed by atoms with E-state index in [2.05, 4.69) is 15.1 Å². The van der Waals surface area contributed by atoms with Gasteiger partial charge in [-0.3, -0.25) is 4.79 Å². The molecule has 3 rings (SSSR count). The number of nitrogens with zero attached hydrogens (tertiary/aromatic N) is 4. The number of halogens is 1. The van der Waals surface area contributed by atoms with Gasteiger partial charge < -0.3 is 10.5 Å². The smallest absolute Gasteiger partial charge is 0.312 e. The van der Waals surface area contributed by atoms with Crippen molar-refractivity contribution >= 4 is 29.0 Å². The topological polar surface area (TPSA) is 95.9 Å². The molecule has 1 aliphatic carbocycles. The van der Waals surface area contributed by atoms with Gasteiger partial charge in [0.2, 0.25) is 0 Å². The van der Waals surface area contributed by atoms with Crippen molar-refractivity contribution in [2.45, 2.75) is 12.8 Å². The summed E-state index contributed by atoms with van der Waals surface area (Å²) < 4.78 is 6.16. The number of hydrogen-bond donors (Lipinski definition) is 1. The number of nitrogens with two attached hydrogens (primary N) is 1. The van der Waals surface area contributed by atoms with Crippen LogP contribution in [0.4, 0.5) is 5.82 Å². The number of allylic oxidation sites excluding steroid dienone is 1. The lowest BCUT2D eigenvalue weighted by molar-refractivity contribution is -0.143. The van der Waals surface area contributed by atoms with Crippen molar-refractivity contribution in [3.05, 3.63) is 35.3 Å². The van der Waals surface area contributed by atoms with Gasteiger partial charge in [-0.25, -0.2) is 9.97 Å². The first-order valence-electron chi connectivity index (χ1n) is 6.72. The van der Waals surface area contributed by atoms with E-state index in [9.17, 15) is 4.79 Å². The average Bonchev–Trinajstić information content (AvgIpc) is 3.12. The van der Waals surface area contributed by atoms with Crippen LogP contribution >= 0.6 is 11.6 Å². The summed E-state index contributed by atoms with van der Waals surface area (Å²) in [6.07, 6.45) is 6.38. The number of hydrogen-bond acceptors (Lipinski definition) is 6. The summed E-state index contributed by atoms with van der Waals surface area (Å²) >= 11 is 6.22. The standard InChI is InChI=1S/C14H14ClN5O2/c1-22-13(21)9-4-3-8(7-9)10-11(15)19-20(12(10)16)14-17-5-2-6-18-14/h2,5-7,9H,3-4,16H2,1H3. The van der Waals surface area contributed by atoms with E-state index in [-0.39, 0.29) is 17.0 Å². The fraction of sp³-hybridized carbons (Fsp3) is 0.286. The minimum Gasteiger partial charge on any atom is -0.469 e. The minimum absolute atomic E-state index is 0.261. The van der Waals surface area contributed by atoms with Gasteiger partial charge in [0.05, 0.1) is 18.6 Å². The van der Waals surface area contributed by atoms with E-state index in [1.54, 1.807) is 18.5 Å². The molecular weight excluding hydrogens is 306 g/mol. The molecule has 2 aromatic rings. The van der Waals surface area contributed by atoms with Gasteiger partial charge in [0.15, 0.2) is 5.15 Å². The third kappa shape index (κ3) is 2.43. The molecule has 2 N–H and O–H groups in total. The Kier molecular flexibility index (Phi) is 3.81. The van der Waals surface area contributed by atoms with Gasteiger partial charge in [0, 0.05) is 12.4 Å². The second kappa shape index (κ2) is 5.76. The number of carbonyl (C=O) groups excluding carboxylic acids is 1. The summed E-state index contributed by atoms with van der Waals surface area (Å²) in [4.78, 5) is 19.8. The Morgan fingerprint density at radius 1 is 1.45 bits per heavy atom. The van der Waals surface area contributed by atoms with Gasteiger partial charge >= 0.3 is 5.97 Å². The molecule has 114 valence electrons. The summed E-state index contributed by atoms with van der Waals surface area (Å²) in [6.45, 7) is 0. The zero-order chi connectivity index (χ0) is 15.7. The highest BCUT2D eigenvalue weighted by atomic mass is 35.5. The Labute approximate surface area is 131 Å². The molecule has 1 atom stereocenters. The van der Waals surface area contributed by atoms with Crippen LogP contribution in [0.25, 0.3) is 11.5 Å². The van der Waals surface area contributed by atoms with Crippen molar-refractivity contribution in [2.75, 3.05) is 12.8 Å². The minimum atomic E-state index is -0.271. The van der Waals surface area contributed by atoms with Crippen LogP contribution in [-0.2, 0) is 9.53 Å². The van der Waals surface area contributed by atoms with Gasteiger partial charge in [0.1, 0.15) is 5.82 Å². The summed E-state index contributed by atoms with van der Waals surface area (Å²) in [5, 5.41) is 4.46. The number of esters is 1. The van der Waals surface area contributed by atoms with Gasteiger partial charge in [0.25, 0.3) is 5.95 Å². The molecule has 1 unspecified atom stereocenters. The van der Waals surface area contributed by atoms with E-state index < -0.39 is 0 Å². The summed E-state index contributed by atoms with van der Waals surface area (Å²) in [5.41, 5.74) is 7.66. The monoisotopic (exact) mass is 319 g/mol. The van der Waals surface area contributed by atoms with Gasteiger partial charge in [-0.2, -0.15) is 9.78 Å². The Morgan fingerprint density at radius 3 is 2.86 bits per heavy atom. The molecule has 0 radical (unpaired) electrons. The molecule has 7 nitrogen and oxygen atoms in total. The Balaban J connectivity index is 2.00. The summed E-state index contributed by atoms with van der Waals surface area (Å²) in [7, 11) is 1.38. The predicted octanol–water partition coefficient (Wildman–Crippen LogP) is 1.86. The normalized spacial score (nSPS) is 17.4. The van der Waals surface area contributed by atoms with Gasteiger partial charge in [-0.15, -0.1) is 0 Å². The highest BCUT2D eigenvalue weighted by molar-refractivity contribution is 6.31. The predicted molar refractivity (Wildman–Crippen MR) is 81.3 cm³/mol. The van der Waals surface area contributed by atoms with E-state index in [0.717, 1.165) is 5.57 Å². The molecule has 0 saturated heterocycles. The second-order valence-corrected chi connectivity index (χ2v) is 5.23. The van der Waals surface area contributed by atoms with E-state index >= 15 is 0 Å². The van der Waals surface area contributed by atoms with E-state index in [1.807, 2.05) is 6.08 Å². The number of rotatable bonds is 3. The van der Waals surface area contributed by atoms with Crippen LogP contribution in [0, 0.1) is 5.92 Å². The number of ether oxygens (including phenoxy) is 1. The molecule has 8 heteroatoms. The molecule has 0 amide bonds. The van der Waals surface area contributed by atoms with Crippen molar-refractivity contribution in [3.8, 4) is 5.95 Å². The zero-order valence-electron chi connectivity index (χ0n) is 11.9. The maximum absolute atomic E-state index is 11.6. The highest BCUT2D eigenvalue weighted by Crippen LogP contribution is 2.38. The average molecular weight is 320 g/mol. The maximum Gasteiger partial charge on any atom is 0.312 e. The summed E-state index contributed by atoms with van der Waals surface area (Å²) in [6, 6.07) is 1.70. The van der Waals surface area contributed by atoms with Crippen LogP contribution in [0.15, 0.2) is 24.5 Å². The van der Waals surface area contributed by atoms with Gasteiger partial charge in [-0.05, 0) is 24.5 Å². The van der Waals surface area contributed by atoms with Crippen molar-refractivity contribution in [3.63, 3.8) is 0 Å². The van der Waals surface area contributed by atoms with Crippen molar-refractivity contribution < 1.29 is 9.53 Å². The van der Waals surface area contributed by atoms with Crippen LogP contribution in [0.5, 0.6) is 0 Å². The first-order chi connectivity index (χ1) is 10.6. The molecule has 0 aromatic carbocycles. The zero-order valence-corrected chi connectivity index (χ0v) is 12.6. The number of anilines is 1. The van der Waals surface area contributed by atoms with Crippen molar-refractivity contribution in [2.24, 2.45) is 5.92 Å². The van der Waals surface area contributed by atoms with E-state index in [1.165, 1.54) is 11.8 Å². The number of aromatic nitrogens is 4. The largest absolute Gasteiger partial charge is 0.469 e. The molecule has 0 fully saturated rings. The molecule has 2 heterocycles. The van der Waals surface area contributed by atoms with Crippen LogP contribution in [-0.4, -0.2) is 32.8 Å². The maximum atomic E-state index is 11.6. The summed E-state index contributed by atoms with van der Waals surface area (Å²) in [5.74, 6) is 0.166. The molecule has 22 heavy (non-hydrogen) atoms. The number of methoxy groups -OCH3 is 1. The second-order valence-electron chi connectivity index (χ2n) is 4.87. The van der Waals surface area contributed by atoms with Gasteiger partial charge in [-0.1, -0.05) is 17.7 Å². The fourth-order valence-corrected chi connectivity index (χ4v) is 2.81. The quantitative estimate of drug-likeness (QED) is 0.867. The van der Waals surface area contributed by atoms with Crippen LogP contribution in [0.2, 0.25) is 5.15 Å².